The molecule has 1 aliphatic carbocycles. The molecule has 1 aromatic rings. The third-order valence-corrected chi connectivity index (χ3v) is 3.82. The second kappa shape index (κ2) is 4.39. The van der Waals surface area contributed by atoms with Gasteiger partial charge in [-0.05, 0) is 42.9 Å². The van der Waals surface area contributed by atoms with Gasteiger partial charge in [-0.2, -0.15) is 0 Å². The van der Waals surface area contributed by atoms with Crippen LogP contribution in [0.3, 0.4) is 0 Å². The van der Waals surface area contributed by atoms with Crippen molar-refractivity contribution in [2.45, 2.75) is 25.3 Å². The highest BCUT2D eigenvalue weighted by Crippen LogP contribution is 2.34. The second-order valence-electron chi connectivity index (χ2n) is 4.23. The highest BCUT2D eigenvalue weighted by molar-refractivity contribution is 7.11. The fourth-order valence-corrected chi connectivity index (χ4v) is 2.30. The number of hydrogen-bond acceptors (Lipinski definition) is 3. The molecule has 4 heteroatoms. The normalized spacial score (nSPS) is 17.6. The van der Waals surface area contributed by atoms with E-state index in [-0.39, 0.29) is 18.1 Å². The zero-order chi connectivity index (χ0) is 11.6. The summed E-state index contributed by atoms with van der Waals surface area (Å²) in [4.78, 5) is 12.7. The van der Waals surface area contributed by atoms with Crippen molar-refractivity contribution in [2.24, 2.45) is 0 Å². The van der Waals surface area contributed by atoms with E-state index in [1.807, 2.05) is 24.4 Å². The summed E-state index contributed by atoms with van der Waals surface area (Å²) in [5.74, 6) is -0.126. The average molecular weight is 237 g/mol. The van der Waals surface area contributed by atoms with E-state index in [1.165, 1.54) is 11.6 Å². The molecule has 3 nitrogen and oxygen atoms in total. The van der Waals surface area contributed by atoms with Crippen molar-refractivity contribution in [1.82, 2.24) is 5.32 Å². The van der Waals surface area contributed by atoms with Crippen LogP contribution in [0.15, 0.2) is 17.5 Å². The molecule has 2 rings (SSSR count). The van der Waals surface area contributed by atoms with Crippen molar-refractivity contribution in [1.29, 1.82) is 0 Å². The largest absolute Gasteiger partial charge is 0.394 e. The molecule has 16 heavy (non-hydrogen) atoms. The highest BCUT2D eigenvalue weighted by atomic mass is 32.1. The first kappa shape index (κ1) is 11.4. The van der Waals surface area contributed by atoms with E-state index in [9.17, 15) is 4.79 Å². The Morgan fingerprint density at radius 1 is 1.69 bits per heavy atom. The van der Waals surface area contributed by atoms with Gasteiger partial charge in [0.05, 0.1) is 12.1 Å². The van der Waals surface area contributed by atoms with Crippen LogP contribution in [0.1, 0.15) is 23.3 Å². The molecule has 0 aromatic carbocycles. The molecule has 0 radical (unpaired) electrons. The molecule has 1 aliphatic rings. The van der Waals surface area contributed by atoms with Crippen molar-refractivity contribution in [3.05, 3.63) is 28.0 Å². The molecular weight excluding hydrogens is 222 g/mol. The maximum Gasteiger partial charge on any atom is 0.244 e. The van der Waals surface area contributed by atoms with Gasteiger partial charge < -0.3 is 10.4 Å². The molecule has 0 spiro atoms. The molecule has 1 saturated carbocycles. The van der Waals surface area contributed by atoms with Gasteiger partial charge in [-0.3, -0.25) is 4.79 Å². The quantitative estimate of drug-likeness (QED) is 0.783. The van der Waals surface area contributed by atoms with Crippen LogP contribution in [-0.2, 0) is 4.79 Å². The number of amides is 1. The van der Waals surface area contributed by atoms with E-state index in [0.29, 0.717) is 0 Å². The smallest absolute Gasteiger partial charge is 0.244 e. The Balaban J connectivity index is 1.93. The maximum absolute atomic E-state index is 11.6. The number of aryl methyl sites for hydroxylation is 1. The van der Waals surface area contributed by atoms with E-state index < -0.39 is 0 Å². The van der Waals surface area contributed by atoms with Gasteiger partial charge in [0, 0.05) is 11.0 Å². The SMILES string of the molecule is Cc1ccsc1/C=C/C(=O)NC1(CO)CC1. The number of thiophene rings is 1. The number of carbonyl (C=O) groups excluding carboxylic acids is 1. The first-order valence-corrected chi connectivity index (χ1v) is 6.18. The zero-order valence-corrected chi connectivity index (χ0v) is 10.0. The molecule has 1 aromatic heterocycles. The van der Waals surface area contributed by atoms with Crippen LogP contribution in [0.25, 0.3) is 6.08 Å². The van der Waals surface area contributed by atoms with Crippen molar-refractivity contribution in [2.75, 3.05) is 6.61 Å². The van der Waals surface area contributed by atoms with Gasteiger partial charge >= 0.3 is 0 Å². The molecule has 86 valence electrons. The Bertz CT molecular complexity index is 418. The van der Waals surface area contributed by atoms with Crippen LogP contribution in [0.2, 0.25) is 0 Å². The zero-order valence-electron chi connectivity index (χ0n) is 9.19. The average Bonchev–Trinajstić information content (AvgIpc) is 2.92. The maximum atomic E-state index is 11.6. The Hall–Kier alpha value is -1.13. The molecule has 1 fully saturated rings. The summed E-state index contributed by atoms with van der Waals surface area (Å²) in [6.07, 6.45) is 5.11. The van der Waals surface area contributed by atoms with Crippen LogP contribution in [0.4, 0.5) is 0 Å². The summed E-state index contributed by atoms with van der Waals surface area (Å²) < 4.78 is 0. The first-order valence-electron chi connectivity index (χ1n) is 5.30. The molecular formula is C12H15NO2S. The van der Waals surface area contributed by atoms with Crippen LogP contribution in [0.5, 0.6) is 0 Å². The second-order valence-corrected chi connectivity index (χ2v) is 5.18. The van der Waals surface area contributed by atoms with E-state index in [2.05, 4.69) is 5.32 Å². The number of rotatable bonds is 4. The number of aliphatic hydroxyl groups is 1. The minimum Gasteiger partial charge on any atom is -0.394 e. The van der Waals surface area contributed by atoms with Crippen LogP contribution in [0, 0.1) is 6.92 Å². The predicted molar refractivity (Wildman–Crippen MR) is 65.3 cm³/mol. The molecule has 1 heterocycles. The molecule has 1 amide bonds. The lowest BCUT2D eigenvalue weighted by molar-refractivity contribution is -0.117. The lowest BCUT2D eigenvalue weighted by Gasteiger charge is -2.11. The highest BCUT2D eigenvalue weighted by Gasteiger charge is 2.42. The van der Waals surface area contributed by atoms with Crippen LogP contribution >= 0.6 is 11.3 Å². The van der Waals surface area contributed by atoms with Crippen molar-refractivity contribution >= 4 is 23.3 Å². The van der Waals surface area contributed by atoms with Gasteiger partial charge in [0.15, 0.2) is 0 Å². The predicted octanol–water partition coefficient (Wildman–Crippen LogP) is 1.71. The fraction of sp³-hybridized carbons (Fsp3) is 0.417. The van der Waals surface area contributed by atoms with Crippen molar-refractivity contribution in [3.8, 4) is 0 Å². The minimum absolute atomic E-state index is 0.0324. The first-order chi connectivity index (χ1) is 7.65. The Morgan fingerprint density at radius 2 is 2.44 bits per heavy atom. The Kier molecular flexibility index (Phi) is 3.12. The van der Waals surface area contributed by atoms with Crippen LogP contribution in [-0.4, -0.2) is 23.2 Å². The van der Waals surface area contributed by atoms with Gasteiger partial charge in [0.1, 0.15) is 0 Å². The summed E-state index contributed by atoms with van der Waals surface area (Å²) in [5.41, 5.74) is 0.851. The summed E-state index contributed by atoms with van der Waals surface area (Å²) >= 11 is 1.61. The lowest BCUT2D eigenvalue weighted by Crippen LogP contribution is -2.38. The number of hydrogen-bond donors (Lipinski definition) is 2. The van der Waals surface area contributed by atoms with E-state index >= 15 is 0 Å². The standard InChI is InChI=1S/C12H15NO2S/c1-9-4-7-16-10(9)2-3-11(15)13-12(8-14)5-6-12/h2-4,7,14H,5-6,8H2,1H3,(H,13,15)/b3-2+. The Labute approximate surface area is 98.8 Å². The number of carbonyl (C=O) groups is 1. The van der Waals surface area contributed by atoms with Gasteiger partial charge in [-0.25, -0.2) is 0 Å². The van der Waals surface area contributed by atoms with Crippen LogP contribution < -0.4 is 5.32 Å². The topological polar surface area (TPSA) is 49.3 Å². The molecule has 0 saturated heterocycles. The molecule has 0 bridgehead atoms. The summed E-state index contributed by atoms with van der Waals surface area (Å²) in [6.45, 7) is 2.05. The lowest BCUT2D eigenvalue weighted by atomic mass is 10.2. The van der Waals surface area contributed by atoms with E-state index in [0.717, 1.165) is 17.7 Å². The molecule has 0 unspecified atom stereocenters. The van der Waals surface area contributed by atoms with Gasteiger partial charge in [0.2, 0.25) is 5.91 Å². The third kappa shape index (κ3) is 2.51. The van der Waals surface area contributed by atoms with Crippen molar-refractivity contribution in [3.63, 3.8) is 0 Å². The summed E-state index contributed by atoms with van der Waals surface area (Å²) in [5, 5.41) is 13.9. The molecule has 2 N–H and O–H groups in total. The summed E-state index contributed by atoms with van der Waals surface area (Å²) in [6, 6.07) is 2.03. The number of aliphatic hydroxyl groups excluding tert-OH is 1. The fourth-order valence-electron chi connectivity index (χ4n) is 1.48. The van der Waals surface area contributed by atoms with E-state index in [1.54, 1.807) is 11.3 Å². The third-order valence-electron chi connectivity index (χ3n) is 2.83. The minimum atomic E-state index is -0.327. The van der Waals surface area contributed by atoms with Gasteiger partial charge in [-0.1, -0.05) is 0 Å². The van der Waals surface area contributed by atoms with E-state index in [4.69, 9.17) is 5.11 Å². The van der Waals surface area contributed by atoms with Crippen molar-refractivity contribution < 1.29 is 9.90 Å². The summed E-state index contributed by atoms with van der Waals surface area (Å²) in [7, 11) is 0. The number of nitrogens with one attached hydrogen (secondary N) is 1. The monoisotopic (exact) mass is 237 g/mol. The molecule has 0 atom stereocenters. The van der Waals surface area contributed by atoms with Gasteiger partial charge in [0.25, 0.3) is 0 Å². The Morgan fingerprint density at radius 3 is 2.94 bits per heavy atom. The molecule has 0 aliphatic heterocycles. The van der Waals surface area contributed by atoms with Gasteiger partial charge in [-0.15, -0.1) is 11.3 Å².